The fraction of sp³-hybridized carbons (Fsp3) is 0.0952. The summed E-state index contributed by atoms with van der Waals surface area (Å²) in [5.41, 5.74) is 2.12. The first kappa shape index (κ1) is 20.7. The Morgan fingerprint density at radius 2 is 1.66 bits per heavy atom. The lowest BCUT2D eigenvalue weighted by Gasteiger charge is -2.12. The molecule has 8 heteroatoms. The average Bonchev–Trinajstić information content (AvgIpc) is 2.70. The number of hydrogen-bond acceptors (Lipinski definition) is 4. The summed E-state index contributed by atoms with van der Waals surface area (Å²) in [5.74, 6) is 0.0578. The number of hydrogen-bond donors (Lipinski definition) is 2. The molecule has 1 amide bonds. The molecule has 0 bridgehead atoms. The van der Waals surface area contributed by atoms with Gasteiger partial charge in [-0.15, -0.1) is 0 Å². The van der Waals surface area contributed by atoms with E-state index in [1.165, 1.54) is 31.4 Å². The van der Waals surface area contributed by atoms with Crippen LogP contribution in [0.2, 0.25) is 5.02 Å². The highest BCUT2D eigenvalue weighted by molar-refractivity contribution is 7.92. The first-order chi connectivity index (χ1) is 13.8. The monoisotopic (exact) mass is 430 g/mol. The van der Waals surface area contributed by atoms with Crippen LogP contribution in [0.3, 0.4) is 0 Å². The number of ether oxygens (including phenoxy) is 1. The van der Waals surface area contributed by atoms with Gasteiger partial charge in [0.05, 0.1) is 17.7 Å². The van der Waals surface area contributed by atoms with E-state index in [2.05, 4.69) is 10.0 Å². The molecule has 3 rings (SSSR count). The van der Waals surface area contributed by atoms with Crippen molar-refractivity contribution in [1.29, 1.82) is 0 Å². The second-order valence-electron chi connectivity index (χ2n) is 6.24. The molecule has 0 saturated heterocycles. The van der Waals surface area contributed by atoms with Crippen LogP contribution in [0.1, 0.15) is 15.9 Å². The van der Waals surface area contributed by atoms with Crippen LogP contribution in [0.4, 0.5) is 11.4 Å². The largest absolute Gasteiger partial charge is 0.495 e. The minimum Gasteiger partial charge on any atom is -0.495 e. The highest BCUT2D eigenvalue weighted by Gasteiger charge is 2.17. The number of methoxy groups -OCH3 is 1. The summed E-state index contributed by atoms with van der Waals surface area (Å²) in [6.07, 6.45) is 0. The number of rotatable bonds is 6. The molecule has 0 fully saturated rings. The first-order valence-electron chi connectivity index (χ1n) is 8.63. The van der Waals surface area contributed by atoms with Gasteiger partial charge in [-0.3, -0.25) is 9.52 Å². The minimum absolute atomic E-state index is 0.0302. The number of anilines is 2. The molecule has 0 radical (unpaired) electrons. The normalized spacial score (nSPS) is 11.0. The molecule has 2 N–H and O–H groups in total. The Labute approximate surface area is 174 Å². The molecular formula is C21H19ClN2O4S. The Morgan fingerprint density at radius 3 is 2.31 bits per heavy atom. The highest BCUT2D eigenvalue weighted by Crippen LogP contribution is 2.26. The second kappa shape index (κ2) is 8.55. The van der Waals surface area contributed by atoms with Crippen LogP contribution in [0.5, 0.6) is 5.75 Å². The van der Waals surface area contributed by atoms with Crippen molar-refractivity contribution in [3.05, 3.63) is 82.9 Å². The van der Waals surface area contributed by atoms with Crippen LogP contribution in [0, 0.1) is 6.92 Å². The van der Waals surface area contributed by atoms with Crippen molar-refractivity contribution >= 4 is 38.9 Å². The van der Waals surface area contributed by atoms with E-state index in [4.69, 9.17) is 16.3 Å². The third-order valence-electron chi connectivity index (χ3n) is 4.21. The lowest BCUT2D eigenvalue weighted by molar-refractivity contribution is 0.102. The maximum absolute atomic E-state index is 12.6. The fourth-order valence-electron chi connectivity index (χ4n) is 2.68. The third-order valence-corrected chi connectivity index (χ3v) is 5.83. The third kappa shape index (κ3) is 4.88. The van der Waals surface area contributed by atoms with Crippen molar-refractivity contribution < 1.29 is 17.9 Å². The molecule has 6 nitrogen and oxygen atoms in total. The van der Waals surface area contributed by atoms with E-state index < -0.39 is 10.0 Å². The van der Waals surface area contributed by atoms with Crippen LogP contribution in [0.15, 0.2) is 71.6 Å². The van der Waals surface area contributed by atoms with Crippen molar-refractivity contribution in [2.45, 2.75) is 11.8 Å². The maximum Gasteiger partial charge on any atom is 0.262 e. The number of para-hydroxylation sites is 2. The molecular weight excluding hydrogens is 412 g/mol. The maximum atomic E-state index is 12.6. The van der Waals surface area contributed by atoms with E-state index >= 15 is 0 Å². The summed E-state index contributed by atoms with van der Waals surface area (Å²) in [7, 11) is -2.37. The summed E-state index contributed by atoms with van der Waals surface area (Å²) >= 11 is 5.92. The number of halogens is 1. The van der Waals surface area contributed by atoms with Gasteiger partial charge < -0.3 is 10.1 Å². The molecule has 0 aliphatic heterocycles. The molecule has 0 aliphatic rings. The molecule has 0 heterocycles. The minimum atomic E-state index is -3.84. The first-order valence-corrected chi connectivity index (χ1v) is 10.5. The van der Waals surface area contributed by atoms with E-state index in [0.29, 0.717) is 27.7 Å². The summed E-state index contributed by atoms with van der Waals surface area (Å²) in [4.78, 5) is 12.5. The Bertz CT molecular complexity index is 1150. The van der Waals surface area contributed by atoms with Gasteiger partial charge in [0.2, 0.25) is 0 Å². The van der Waals surface area contributed by atoms with Gasteiger partial charge in [-0.2, -0.15) is 0 Å². The van der Waals surface area contributed by atoms with Gasteiger partial charge in [-0.05, 0) is 67.1 Å². The zero-order chi connectivity index (χ0) is 21.0. The molecule has 0 saturated carbocycles. The number of benzene rings is 3. The average molecular weight is 431 g/mol. The second-order valence-corrected chi connectivity index (χ2v) is 8.36. The van der Waals surface area contributed by atoms with Crippen molar-refractivity contribution in [3.8, 4) is 5.75 Å². The summed E-state index contributed by atoms with van der Waals surface area (Å²) in [6, 6.07) is 17.5. The molecule has 29 heavy (non-hydrogen) atoms. The zero-order valence-corrected chi connectivity index (χ0v) is 17.3. The van der Waals surface area contributed by atoms with Gasteiger partial charge in [0.15, 0.2) is 0 Å². The standard InChI is InChI=1S/C21H19ClN2O4S/c1-14-13-16(22)9-12-18(14)23-21(25)15-7-10-17(11-8-15)29(26,27)24-19-5-3-4-6-20(19)28-2/h3-13,24H,1-2H3,(H,23,25). The molecule has 0 aromatic heterocycles. The SMILES string of the molecule is COc1ccccc1NS(=O)(=O)c1ccc(C(=O)Nc2ccc(Cl)cc2C)cc1. The molecule has 150 valence electrons. The highest BCUT2D eigenvalue weighted by atomic mass is 35.5. The molecule has 0 spiro atoms. The van der Waals surface area contributed by atoms with Crippen molar-refractivity contribution in [3.63, 3.8) is 0 Å². The number of nitrogens with one attached hydrogen (secondary N) is 2. The van der Waals surface area contributed by atoms with E-state index in [1.54, 1.807) is 42.5 Å². The van der Waals surface area contributed by atoms with Gasteiger partial charge >= 0.3 is 0 Å². The lowest BCUT2D eigenvalue weighted by atomic mass is 10.1. The van der Waals surface area contributed by atoms with E-state index in [1.807, 2.05) is 6.92 Å². The number of amides is 1. The Balaban J connectivity index is 1.77. The predicted octanol–water partition coefficient (Wildman–Crippen LogP) is 4.71. The number of aryl methyl sites for hydroxylation is 1. The van der Waals surface area contributed by atoms with E-state index in [0.717, 1.165) is 5.56 Å². The Kier molecular flexibility index (Phi) is 6.10. The van der Waals surface area contributed by atoms with E-state index in [9.17, 15) is 13.2 Å². The molecule has 0 unspecified atom stereocenters. The lowest BCUT2D eigenvalue weighted by Crippen LogP contribution is -2.15. The van der Waals surface area contributed by atoms with Crippen LogP contribution >= 0.6 is 11.6 Å². The van der Waals surface area contributed by atoms with Gasteiger partial charge in [0, 0.05) is 16.3 Å². The van der Waals surface area contributed by atoms with Crippen molar-refractivity contribution in [2.75, 3.05) is 17.1 Å². The Hall–Kier alpha value is -3.03. The van der Waals surface area contributed by atoms with Gasteiger partial charge in [0.25, 0.3) is 15.9 Å². The van der Waals surface area contributed by atoms with Crippen molar-refractivity contribution in [2.24, 2.45) is 0 Å². The van der Waals surface area contributed by atoms with Gasteiger partial charge in [-0.25, -0.2) is 8.42 Å². The molecule has 0 aliphatic carbocycles. The molecule has 3 aromatic carbocycles. The number of sulfonamides is 1. The fourth-order valence-corrected chi connectivity index (χ4v) is 3.98. The predicted molar refractivity (Wildman–Crippen MR) is 114 cm³/mol. The van der Waals surface area contributed by atoms with Crippen LogP contribution in [-0.2, 0) is 10.0 Å². The van der Waals surface area contributed by atoms with Crippen LogP contribution < -0.4 is 14.8 Å². The molecule has 3 aromatic rings. The Morgan fingerprint density at radius 1 is 0.966 bits per heavy atom. The topological polar surface area (TPSA) is 84.5 Å². The molecule has 0 atom stereocenters. The smallest absolute Gasteiger partial charge is 0.262 e. The quantitative estimate of drug-likeness (QED) is 0.593. The van der Waals surface area contributed by atoms with Gasteiger partial charge in [0.1, 0.15) is 5.75 Å². The van der Waals surface area contributed by atoms with Crippen LogP contribution in [0.25, 0.3) is 0 Å². The zero-order valence-electron chi connectivity index (χ0n) is 15.8. The van der Waals surface area contributed by atoms with Crippen LogP contribution in [-0.4, -0.2) is 21.4 Å². The number of carbonyl (C=O) groups is 1. The van der Waals surface area contributed by atoms with Gasteiger partial charge in [-0.1, -0.05) is 23.7 Å². The summed E-state index contributed by atoms with van der Waals surface area (Å²) in [6.45, 7) is 1.83. The van der Waals surface area contributed by atoms with E-state index in [-0.39, 0.29) is 10.8 Å². The number of carbonyl (C=O) groups excluding carboxylic acids is 1. The summed E-state index contributed by atoms with van der Waals surface area (Å²) in [5, 5.41) is 3.37. The summed E-state index contributed by atoms with van der Waals surface area (Å²) < 4.78 is 32.9. The van der Waals surface area contributed by atoms with Crippen molar-refractivity contribution in [1.82, 2.24) is 0 Å².